The zero-order valence-corrected chi connectivity index (χ0v) is 15.3. The first-order valence-electron chi connectivity index (χ1n) is 9.19. The van der Waals surface area contributed by atoms with Crippen LogP contribution in [0.25, 0.3) is 0 Å². The van der Waals surface area contributed by atoms with Crippen LogP contribution < -0.4 is 15.0 Å². The van der Waals surface area contributed by atoms with Gasteiger partial charge in [-0.1, -0.05) is 12.1 Å². The molecule has 0 saturated carbocycles. The minimum atomic E-state index is -4.34. The minimum absolute atomic E-state index is 0.391. The molecule has 1 N–H and O–H groups in total. The van der Waals surface area contributed by atoms with E-state index in [0.29, 0.717) is 18.5 Å². The van der Waals surface area contributed by atoms with Crippen LogP contribution in [0.5, 0.6) is 5.75 Å². The molecule has 2 aromatic rings. The third kappa shape index (κ3) is 5.35. The fourth-order valence-electron chi connectivity index (χ4n) is 3.19. The summed E-state index contributed by atoms with van der Waals surface area (Å²) in [6.07, 6.45) is -1.58. The molecule has 1 aromatic heterocycles. The molecule has 146 valence electrons. The van der Waals surface area contributed by atoms with Crippen molar-refractivity contribution in [1.82, 2.24) is 10.3 Å². The zero-order valence-electron chi connectivity index (χ0n) is 15.3. The Morgan fingerprint density at radius 1 is 1.11 bits per heavy atom. The normalized spacial score (nSPS) is 15.8. The summed E-state index contributed by atoms with van der Waals surface area (Å²) in [5.74, 6) is 1.48. The highest BCUT2D eigenvalue weighted by atomic mass is 19.4. The van der Waals surface area contributed by atoms with Gasteiger partial charge in [-0.2, -0.15) is 13.2 Å². The van der Waals surface area contributed by atoms with Gasteiger partial charge in [-0.3, -0.25) is 0 Å². The highest BCUT2D eigenvalue weighted by Crippen LogP contribution is 2.29. The highest BCUT2D eigenvalue weighted by Gasteiger charge is 2.31. The molecule has 3 rings (SSSR count). The first-order valence-corrected chi connectivity index (χ1v) is 9.19. The standard InChI is InChI=1S/C20H24F3N3O/c1-2-27-18-6-3-15(4-7-18)13-24-17-9-11-26(12-10-17)19-8-5-16(14-25-19)20(21,22)23/h3-8,14,17,24H,2,9-13H2,1H3. The number of ether oxygens (including phenoxy) is 1. The second-order valence-electron chi connectivity index (χ2n) is 6.62. The molecule has 0 aliphatic carbocycles. The lowest BCUT2D eigenvalue weighted by atomic mass is 10.0. The molecular weight excluding hydrogens is 355 g/mol. The number of anilines is 1. The molecule has 0 spiro atoms. The monoisotopic (exact) mass is 379 g/mol. The number of hydrogen-bond acceptors (Lipinski definition) is 4. The number of alkyl halides is 3. The van der Waals surface area contributed by atoms with Crippen molar-refractivity contribution in [1.29, 1.82) is 0 Å². The Balaban J connectivity index is 1.46. The van der Waals surface area contributed by atoms with Crippen molar-refractivity contribution in [2.45, 2.75) is 38.5 Å². The first kappa shape index (κ1) is 19.5. The molecule has 1 aromatic carbocycles. The molecule has 0 amide bonds. The highest BCUT2D eigenvalue weighted by molar-refractivity contribution is 5.40. The Bertz CT molecular complexity index is 709. The first-order chi connectivity index (χ1) is 13.0. The lowest BCUT2D eigenvalue weighted by molar-refractivity contribution is -0.137. The summed E-state index contributed by atoms with van der Waals surface area (Å²) in [5.41, 5.74) is 0.489. The van der Waals surface area contributed by atoms with E-state index in [1.807, 2.05) is 24.0 Å². The number of benzene rings is 1. The Labute approximate surface area is 157 Å². The van der Waals surface area contributed by atoms with Crippen molar-refractivity contribution in [2.75, 3.05) is 24.6 Å². The zero-order chi connectivity index (χ0) is 19.3. The molecule has 0 bridgehead atoms. The second-order valence-corrected chi connectivity index (χ2v) is 6.62. The van der Waals surface area contributed by atoms with Gasteiger partial charge in [0.2, 0.25) is 0 Å². The summed E-state index contributed by atoms with van der Waals surface area (Å²) < 4.78 is 43.3. The third-order valence-corrected chi connectivity index (χ3v) is 4.72. The van der Waals surface area contributed by atoms with Crippen molar-refractivity contribution in [3.8, 4) is 5.75 Å². The fourth-order valence-corrected chi connectivity index (χ4v) is 3.19. The second kappa shape index (κ2) is 8.61. The molecule has 0 unspecified atom stereocenters. The summed E-state index contributed by atoms with van der Waals surface area (Å²) in [7, 11) is 0. The van der Waals surface area contributed by atoms with Gasteiger partial charge in [-0.05, 0) is 49.6 Å². The maximum absolute atomic E-state index is 12.6. The van der Waals surface area contributed by atoms with Gasteiger partial charge in [0.25, 0.3) is 0 Å². The molecule has 1 aliphatic rings. The molecule has 0 atom stereocenters. The predicted molar refractivity (Wildman–Crippen MR) is 98.9 cm³/mol. The van der Waals surface area contributed by atoms with E-state index in [4.69, 9.17) is 4.74 Å². The maximum atomic E-state index is 12.6. The van der Waals surface area contributed by atoms with Crippen molar-refractivity contribution in [3.05, 3.63) is 53.7 Å². The maximum Gasteiger partial charge on any atom is 0.417 e. The number of nitrogens with zero attached hydrogens (tertiary/aromatic N) is 2. The van der Waals surface area contributed by atoms with Gasteiger partial charge in [0.1, 0.15) is 11.6 Å². The smallest absolute Gasteiger partial charge is 0.417 e. The lowest BCUT2D eigenvalue weighted by Crippen LogP contribution is -2.42. The van der Waals surface area contributed by atoms with E-state index >= 15 is 0 Å². The number of pyridine rings is 1. The topological polar surface area (TPSA) is 37.4 Å². The molecule has 1 fully saturated rings. The summed E-state index contributed by atoms with van der Waals surface area (Å²) in [5, 5.41) is 3.55. The van der Waals surface area contributed by atoms with E-state index < -0.39 is 11.7 Å². The number of aromatic nitrogens is 1. The molecule has 1 aliphatic heterocycles. The third-order valence-electron chi connectivity index (χ3n) is 4.72. The number of nitrogens with one attached hydrogen (secondary N) is 1. The Morgan fingerprint density at radius 2 is 1.81 bits per heavy atom. The fraction of sp³-hybridized carbons (Fsp3) is 0.450. The number of halogens is 3. The molecule has 2 heterocycles. The van der Waals surface area contributed by atoms with E-state index in [1.165, 1.54) is 11.6 Å². The molecule has 0 radical (unpaired) electrons. The van der Waals surface area contributed by atoms with Gasteiger partial charge in [0.05, 0.1) is 12.2 Å². The quantitative estimate of drug-likeness (QED) is 0.814. The van der Waals surface area contributed by atoms with Crippen LogP contribution in [0.2, 0.25) is 0 Å². The Hall–Kier alpha value is -2.28. The number of hydrogen-bond donors (Lipinski definition) is 1. The largest absolute Gasteiger partial charge is 0.494 e. The number of piperidine rings is 1. The van der Waals surface area contributed by atoms with Gasteiger partial charge >= 0.3 is 6.18 Å². The van der Waals surface area contributed by atoms with Gasteiger partial charge < -0.3 is 15.0 Å². The SMILES string of the molecule is CCOc1ccc(CNC2CCN(c3ccc(C(F)(F)F)cn3)CC2)cc1. The van der Waals surface area contributed by atoms with Crippen LogP contribution in [0.15, 0.2) is 42.6 Å². The van der Waals surface area contributed by atoms with Gasteiger partial charge in [-0.25, -0.2) is 4.98 Å². The average Bonchev–Trinajstić information content (AvgIpc) is 2.68. The Kier molecular flexibility index (Phi) is 6.21. The van der Waals surface area contributed by atoms with Crippen LogP contribution in [0.4, 0.5) is 19.0 Å². The van der Waals surface area contributed by atoms with Gasteiger partial charge in [0, 0.05) is 31.9 Å². The van der Waals surface area contributed by atoms with E-state index in [-0.39, 0.29) is 0 Å². The number of rotatable bonds is 6. The molecular formula is C20H24F3N3O. The van der Waals surface area contributed by atoms with Crippen LogP contribution in [0.1, 0.15) is 30.9 Å². The van der Waals surface area contributed by atoms with E-state index in [9.17, 15) is 13.2 Å². The summed E-state index contributed by atoms with van der Waals surface area (Å²) in [6, 6.07) is 11.0. The van der Waals surface area contributed by atoms with Gasteiger partial charge in [0.15, 0.2) is 0 Å². The summed E-state index contributed by atoms with van der Waals surface area (Å²) in [6.45, 7) is 4.96. The van der Waals surface area contributed by atoms with Crippen molar-refractivity contribution < 1.29 is 17.9 Å². The Morgan fingerprint density at radius 3 is 2.37 bits per heavy atom. The molecule has 27 heavy (non-hydrogen) atoms. The predicted octanol–water partition coefficient (Wildman–Crippen LogP) is 4.26. The van der Waals surface area contributed by atoms with Crippen LogP contribution >= 0.6 is 0 Å². The molecule has 7 heteroatoms. The summed E-state index contributed by atoms with van der Waals surface area (Å²) in [4.78, 5) is 6.02. The van der Waals surface area contributed by atoms with E-state index in [2.05, 4.69) is 22.4 Å². The van der Waals surface area contributed by atoms with Crippen LogP contribution in [-0.4, -0.2) is 30.7 Å². The van der Waals surface area contributed by atoms with Crippen LogP contribution in [-0.2, 0) is 12.7 Å². The summed E-state index contributed by atoms with van der Waals surface area (Å²) >= 11 is 0. The van der Waals surface area contributed by atoms with Crippen LogP contribution in [0.3, 0.4) is 0 Å². The van der Waals surface area contributed by atoms with Crippen molar-refractivity contribution in [2.24, 2.45) is 0 Å². The molecule has 1 saturated heterocycles. The van der Waals surface area contributed by atoms with Crippen molar-refractivity contribution >= 4 is 5.82 Å². The van der Waals surface area contributed by atoms with Crippen molar-refractivity contribution in [3.63, 3.8) is 0 Å². The van der Waals surface area contributed by atoms with Crippen LogP contribution in [0, 0.1) is 0 Å². The lowest BCUT2D eigenvalue weighted by Gasteiger charge is -2.33. The average molecular weight is 379 g/mol. The molecule has 4 nitrogen and oxygen atoms in total. The van der Waals surface area contributed by atoms with Gasteiger partial charge in [-0.15, -0.1) is 0 Å². The minimum Gasteiger partial charge on any atom is -0.494 e. The van der Waals surface area contributed by atoms with E-state index in [1.54, 1.807) is 0 Å². The van der Waals surface area contributed by atoms with E-state index in [0.717, 1.165) is 50.5 Å².